The highest BCUT2D eigenvalue weighted by atomic mass is 16.5. The number of ether oxygens (including phenoxy) is 1. The van der Waals surface area contributed by atoms with Crippen molar-refractivity contribution in [2.24, 2.45) is 11.8 Å². The van der Waals surface area contributed by atoms with Crippen LogP contribution in [0.3, 0.4) is 0 Å². The molecule has 2 N–H and O–H groups in total. The van der Waals surface area contributed by atoms with Gasteiger partial charge in [-0.25, -0.2) is 0 Å². The topological polar surface area (TPSA) is 67.4 Å². The van der Waals surface area contributed by atoms with Crippen LogP contribution in [0, 0.1) is 18.8 Å². The molecule has 27 heavy (non-hydrogen) atoms. The van der Waals surface area contributed by atoms with Crippen LogP contribution in [0.5, 0.6) is 5.75 Å². The molecule has 0 aromatic heterocycles. The van der Waals surface area contributed by atoms with Gasteiger partial charge in [-0.2, -0.15) is 0 Å². The molecule has 1 aliphatic carbocycles. The van der Waals surface area contributed by atoms with Crippen LogP contribution in [0.1, 0.15) is 31.2 Å². The van der Waals surface area contributed by atoms with Crippen LogP contribution < -0.4 is 15.4 Å². The third-order valence-electron chi connectivity index (χ3n) is 5.15. The standard InChI is InChI=1S/C22H26N2O3/c1-15-7-13-18(14-8-15)23-21(25)16-9-11-17(12-10-16)22(26)24-19-5-3-4-6-20(19)27-2/h3-8,13-14,16-17H,9-12H2,1-2H3,(H,23,25)(H,24,26). The Kier molecular flexibility index (Phi) is 6.12. The second kappa shape index (κ2) is 8.71. The zero-order chi connectivity index (χ0) is 19.2. The maximum atomic E-state index is 12.6. The summed E-state index contributed by atoms with van der Waals surface area (Å²) in [5.41, 5.74) is 2.67. The highest BCUT2D eigenvalue weighted by molar-refractivity contribution is 5.95. The number of carbonyl (C=O) groups excluding carboxylic acids is 2. The first-order valence-corrected chi connectivity index (χ1v) is 9.38. The lowest BCUT2D eigenvalue weighted by molar-refractivity contribution is -0.125. The minimum absolute atomic E-state index is 0.00288. The average Bonchev–Trinajstić information content (AvgIpc) is 2.70. The number of aryl methyl sites for hydroxylation is 1. The normalized spacial score (nSPS) is 19.2. The molecule has 2 aromatic rings. The molecular weight excluding hydrogens is 340 g/mol. The molecule has 5 heteroatoms. The van der Waals surface area contributed by atoms with Gasteiger partial charge < -0.3 is 15.4 Å². The first kappa shape index (κ1) is 19.0. The minimum Gasteiger partial charge on any atom is -0.495 e. The third-order valence-corrected chi connectivity index (χ3v) is 5.15. The van der Waals surface area contributed by atoms with Crippen LogP contribution >= 0.6 is 0 Å². The number of hydrogen-bond acceptors (Lipinski definition) is 3. The number of nitrogens with one attached hydrogen (secondary N) is 2. The van der Waals surface area contributed by atoms with Gasteiger partial charge in [0.2, 0.25) is 11.8 Å². The maximum Gasteiger partial charge on any atom is 0.227 e. The molecule has 1 saturated carbocycles. The number of methoxy groups -OCH3 is 1. The van der Waals surface area contributed by atoms with E-state index in [0.29, 0.717) is 24.3 Å². The lowest BCUT2D eigenvalue weighted by atomic mass is 9.81. The number of anilines is 2. The number of rotatable bonds is 5. The largest absolute Gasteiger partial charge is 0.495 e. The molecule has 0 heterocycles. The van der Waals surface area contributed by atoms with E-state index in [2.05, 4.69) is 10.6 Å². The molecule has 1 fully saturated rings. The van der Waals surface area contributed by atoms with Gasteiger partial charge in [-0.15, -0.1) is 0 Å². The van der Waals surface area contributed by atoms with E-state index in [9.17, 15) is 9.59 Å². The molecular formula is C22H26N2O3. The van der Waals surface area contributed by atoms with Crippen LogP contribution in [0.4, 0.5) is 11.4 Å². The summed E-state index contributed by atoms with van der Waals surface area (Å²) in [7, 11) is 1.59. The minimum atomic E-state index is -0.0710. The quantitative estimate of drug-likeness (QED) is 0.825. The van der Waals surface area contributed by atoms with Gasteiger partial charge in [-0.05, 0) is 56.9 Å². The summed E-state index contributed by atoms with van der Waals surface area (Å²) < 4.78 is 5.28. The smallest absolute Gasteiger partial charge is 0.227 e. The van der Waals surface area contributed by atoms with Crippen molar-refractivity contribution >= 4 is 23.2 Å². The molecule has 0 aliphatic heterocycles. The van der Waals surface area contributed by atoms with Crippen molar-refractivity contribution in [2.45, 2.75) is 32.6 Å². The molecule has 2 amide bonds. The van der Waals surface area contributed by atoms with Crippen LogP contribution in [0.25, 0.3) is 0 Å². The molecule has 0 spiro atoms. The molecule has 0 bridgehead atoms. The van der Waals surface area contributed by atoms with E-state index in [1.165, 1.54) is 0 Å². The first-order chi connectivity index (χ1) is 13.1. The van der Waals surface area contributed by atoms with Gasteiger partial charge in [0, 0.05) is 17.5 Å². The van der Waals surface area contributed by atoms with Gasteiger partial charge in [0.15, 0.2) is 0 Å². The maximum absolute atomic E-state index is 12.6. The second-order valence-electron chi connectivity index (χ2n) is 7.09. The van der Waals surface area contributed by atoms with Gasteiger partial charge in [-0.3, -0.25) is 9.59 Å². The zero-order valence-corrected chi connectivity index (χ0v) is 15.8. The Morgan fingerprint density at radius 3 is 2.00 bits per heavy atom. The summed E-state index contributed by atoms with van der Waals surface area (Å²) in [6.45, 7) is 2.02. The predicted molar refractivity (Wildman–Crippen MR) is 107 cm³/mol. The fraction of sp³-hybridized carbons (Fsp3) is 0.364. The second-order valence-corrected chi connectivity index (χ2v) is 7.09. The van der Waals surface area contributed by atoms with E-state index >= 15 is 0 Å². The number of benzene rings is 2. The van der Waals surface area contributed by atoms with E-state index in [1.807, 2.05) is 55.5 Å². The molecule has 142 valence electrons. The zero-order valence-electron chi connectivity index (χ0n) is 15.8. The van der Waals surface area contributed by atoms with Crippen molar-refractivity contribution < 1.29 is 14.3 Å². The Bertz CT molecular complexity index is 793. The molecule has 0 unspecified atom stereocenters. The number of carbonyl (C=O) groups is 2. The van der Waals surface area contributed by atoms with Crippen LogP contribution in [-0.4, -0.2) is 18.9 Å². The van der Waals surface area contributed by atoms with Crippen molar-refractivity contribution in [1.82, 2.24) is 0 Å². The molecule has 2 aromatic carbocycles. The van der Waals surface area contributed by atoms with Crippen LogP contribution in [0.15, 0.2) is 48.5 Å². The summed E-state index contributed by atoms with van der Waals surface area (Å²) in [5.74, 6) is 0.580. The Morgan fingerprint density at radius 1 is 0.852 bits per heavy atom. The summed E-state index contributed by atoms with van der Waals surface area (Å²) in [4.78, 5) is 25.0. The molecule has 0 saturated heterocycles. The van der Waals surface area contributed by atoms with Crippen molar-refractivity contribution in [3.63, 3.8) is 0 Å². The van der Waals surface area contributed by atoms with E-state index in [-0.39, 0.29) is 23.7 Å². The number of amides is 2. The van der Waals surface area contributed by atoms with Crippen molar-refractivity contribution in [3.05, 3.63) is 54.1 Å². The van der Waals surface area contributed by atoms with Crippen LogP contribution in [0.2, 0.25) is 0 Å². The summed E-state index contributed by atoms with van der Waals surface area (Å²) in [5, 5.41) is 5.94. The van der Waals surface area contributed by atoms with Gasteiger partial charge >= 0.3 is 0 Å². The molecule has 3 rings (SSSR count). The molecule has 0 radical (unpaired) electrons. The van der Waals surface area contributed by atoms with Crippen LogP contribution in [-0.2, 0) is 9.59 Å². The highest BCUT2D eigenvalue weighted by Crippen LogP contribution is 2.32. The Labute approximate surface area is 160 Å². The predicted octanol–water partition coefficient (Wildman–Crippen LogP) is 4.39. The summed E-state index contributed by atoms with van der Waals surface area (Å²) >= 11 is 0. The summed E-state index contributed by atoms with van der Waals surface area (Å²) in [6, 6.07) is 15.2. The van der Waals surface area contributed by atoms with E-state index in [1.54, 1.807) is 7.11 Å². The highest BCUT2D eigenvalue weighted by Gasteiger charge is 2.30. The van der Waals surface area contributed by atoms with Gasteiger partial charge in [0.25, 0.3) is 0 Å². The van der Waals surface area contributed by atoms with Gasteiger partial charge in [-0.1, -0.05) is 29.8 Å². The first-order valence-electron chi connectivity index (χ1n) is 9.38. The van der Waals surface area contributed by atoms with E-state index in [4.69, 9.17) is 4.74 Å². The fourth-order valence-corrected chi connectivity index (χ4v) is 3.48. The Morgan fingerprint density at radius 2 is 1.41 bits per heavy atom. The lowest BCUT2D eigenvalue weighted by Gasteiger charge is -2.27. The monoisotopic (exact) mass is 366 g/mol. The molecule has 0 atom stereocenters. The number of hydrogen-bond donors (Lipinski definition) is 2. The van der Waals surface area contributed by atoms with Gasteiger partial charge in [0.05, 0.1) is 12.8 Å². The number of para-hydroxylation sites is 2. The Balaban J connectivity index is 1.51. The van der Waals surface area contributed by atoms with Crippen molar-refractivity contribution in [2.75, 3.05) is 17.7 Å². The van der Waals surface area contributed by atoms with E-state index in [0.717, 1.165) is 24.1 Å². The van der Waals surface area contributed by atoms with Crippen molar-refractivity contribution in [1.29, 1.82) is 0 Å². The lowest BCUT2D eigenvalue weighted by Crippen LogP contribution is -2.32. The van der Waals surface area contributed by atoms with Crippen molar-refractivity contribution in [3.8, 4) is 5.75 Å². The average molecular weight is 366 g/mol. The van der Waals surface area contributed by atoms with E-state index < -0.39 is 0 Å². The summed E-state index contributed by atoms with van der Waals surface area (Å²) in [6.07, 6.45) is 2.88. The molecule has 1 aliphatic rings. The third kappa shape index (κ3) is 4.88. The SMILES string of the molecule is COc1ccccc1NC(=O)C1CCC(C(=O)Nc2ccc(C)cc2)CC1. The fourth-order valence-electron chi connectivity index (χ4n) is 3.48. The molecule has 5 nitrogen and oxygen atoms in total. The van der Waals surface area contributed by atoms with Gasteiger partial charge in [0.1, 0.15) is 5.75 Å². The Hall–Kier alpha value is -2.82.